The largest absolute Gasteiger partial charge is 0.508 e. The Bertz CT molecular complexity index is 340. The highest BCUT2D eigenvalue weighted by Crippen LogP contribution is 2.39. The molecule has 0 bridgehead atoms. The molecule has 0 aliphatic rings. The Hall–Kier alpha value is -0.980. The van der Waals surface area contributed by atoms with Crippen molar-refractivity contribution in [2.45, 2.75) is 22.7 Å². The molecule has 0 aliphatic carbocycles. The van der Waals surface area contributed by atoms with E-state index in [0.717, 1.165) is 24.3 Å². The number of thioether (sulfide) groups is 1. The highest BCUT2D eigenvalue weighted by atomic mass is 32.2. The monoisotopic (exact) mass is 258 g/mol. The van der Waals surface area contributed by atoms with E-state index in [-0.39, 0.29) is 22.4 Å². The fourth-order valence-electron chi connectivity index (χ4n) is 0.822. The molecule has 1 aromatic carbocycles. The van der Waals surface area contributed by atoms with Crippen molar-refractivity contribution >= 4 is 11.8 Å². The lowest BCUT2D eigenvalue weighted by atomic mass is 10.3. The Labute approximate surface area is 92.3 Å². The molecule has 0 aliphatic heterocycles. The normalized spacial score (nSPS) is 14.1. The van der Waals surface area contributed by atoms with Crippen LogP contribution in [0.3, 0.4) is 0 Å². The zero-order valence-electron chi connectivity index (χ0n) is 7.71. The van der Waals surface area contributed by atoms with E-state index < -0.39 is 17.9 Å². The summed E-state index contributed by atoms with van der Waals surface area (Å²) in [6, 6.07) is 4.62. The van der Waals surface area contributed by atoms with E-state index in [1.807, 2.05) is 0 Å². The van der Waals surface area contributed by atoms with Crippen LogP contribution in [0.15, 0.2) is 29.2 Å². The number of hydrogen-bond acceptors (Lipinski definition) is 2. The van der Waals surface area contributed by atoms with Crippen LogP contribution >= 0.6 is 11.8 Å². The molecule has 0 aromatic heterocycles. The molecular formula is C9H7F5OS. The smallest absolute Gasteiger partial charge is 0.347 e. The van der Waals surface area contributed by atoms with Gasteiger partial charge < -0.3 is 5.11 Å². The first-order chi connectivity index (χ1) is 7.34. The van der Waals surface area contributed by atoms with Crippen molar-refractivity contribution in [2.24, 2.45) is 0 Å². The van der Waals surface area contributed by atoms with Gasteiger partial charge in [-0.1, -0.05) is 11.8 Å². The van der Waals surface area contributed by atoms with Crippen molar-refractivity contribution < 1.29 is 27.1 Å². The molecule has 0 fully saturated rings. The second-order valence-electron chi connectivity index (χ2n) is 2.90. The average molecular weight is 258 g/mol. The summed E-state index contributed by atoms with van der Waals surface area (Å²) in [5, 5.41) is 8.87. The Morgan fingerprint density at radius 1 is 1.06 bits per heavy atom. The minimum Gasteiger partial charge on any atom is -0.508 e. The molecule has 0 radical (unpaired) electrons. The predicted octanol–water partition coefficient (Wildman–Crippen LogP) is 3.68. The van der Waals surface area contributed by atoms with Crippen LogP contribution in [0.1, 0.15) is 0 Å². The number of halogens is 5. The molecule has 1 unspecified atom stereocenters. The van der Waals surface area contributed by atoms with Gasteiger partial charge >= 0.3 is 12.3 Å². The van der Waals surface area contributed by atoms with Gasteiger partial charge in [0.1, 0.15) is 5.75 Å². The van der Waals surface area contributed by atoms with E-state index in [9.17, 15) is 22.0 Å². The molecule has 1 atom stereocenters. The molecule has 1 N–H and O–H groups in total. The van der Waals surface area contributed by atoms with Gasteiger partial charge in [-0.3, -0.25) is 0 Å². The van der Waals surface area contributed by atoms with Gasteiger partial charge in [0.2, 0.25) is 5.50 Å². The van der Waals surface area contributed by atoms with Crippen LogP contribution in [-0.2, 0) is 0 Å². The summed E-state index contributed by atoms with van der Waals surface area (Å²) >= 11 is -0.0202. The number of benzene rings is 1. The fraction of sp³-hybridized carbons (Fsp3) is 0.333. The standard InChI is InChI=1S/C9H7F5OS/c10-7(11)9(13,14)8(12)16-6-3-1-5(15)2-4-6/h1-4,7-8,15H. The molecule has 16 heavy (non-hydrogen) atoms. The first-order valence-corrected chi connectivity index (χ1v) is 4.97. The van der Waals surface area contributed by atoms with Crippen LogP contribution in [0.25, 0.3) is 0 Å². The van der Waals surface area contributed by atoms with Gasteiger partial charge in [-0.05, 0) is 24.3 Å². The van der Waals surface area contributed by atoms with Gasteiger partial charge in [0.05, 0.1) is 0 Å². The third-order valence-electron chi connectivity index (χ3n) is 1.67. The van der Waals surface area contributed by atoms with Crippen LogP contribution in [0.5, 0.6) is 5.75 Å². The Morgan fingerprint density at radius 2 is 1.56 bits per heavy atom. The Balaban J connectivity index is 2.71. The SMILES string of the molecule is Oc1ccc(SC(F)C(F)(F)C(F)F)cc1. The van der Waals surface area contributed by atoms with Crippen LogP contribution < -0.4 is 0 Å². The zero-order chi connectivity index (χ0) is 12.3. The number of phenols is 1. The number of alkyl halides is 5. The van der Waals surface area contributed by atoms with Gasteiger partial charge in [-0.15, -0.1) is 0 Å². The lowest BCUT2D eigenvalue weighted by molar-refractivity contribution is -0.148. The lowest BCUT2D eigenvalue weighted by Crippen LogP contribution is -2.35. The van der Waals surface area contributed by atoms with Gasteiger partial charge in [0.25, 0.3) is 0 Å². The van der Waals surface area contributed by atoms with Gasteiger partial charge in [0, 0.05) is 4.90 Å². The quantitative estimate of drug-likeness (QED) is 0.656. The second-order valence-corrected chi connectivity index (χ2v) is 4.02. The molecule has 7 heteroatoms. The maximum Gasteiger partial charge on any atom is 0.347 e. The summed E-state index contributed by atoms with van der Waals surface area (Å²) in [4.78, 5) is 0.0330. The fourth-order valence-corrected chi connectivity index (χ4v) is 1.61. The van der Waals surface area contributed by atoms with E-state index in [0.29, 0.717) is 0 Å². The molecule has 0 spiro atoms. The molecule has 0 heterocycles. The van der Waals surface area contributed by atoms with Gasteiger partial charge in [0.15, 0.2) is 0 Å². The van der Waals surface area contributed by atoms with Crippen LogP contribution in [0.2, 0.25) is 0 Å². The molecule has 90 valence electrons. The summed E-state index contributed by atoms with van der Waals surface area (Å²) in [6.45, 7) is 0. The summed E-state index contributed by atoms with van der Waals surface area (Å²) in [5.74, 6) is -4.82. The van der Waals surface area contributed by atoms with Crippen LogP contribution in [0, 0.1) is 0 Å². The summed E-state index contributed by atoms with van der Waals surface area (Å²) < 4.78 is 61.5. The third-order valence-corrected chi connectivity index (χ3v) is 2.74. The van der Waals surface area contributed by atoms with Crippen molar-refractivity contribution in [3.8, 4) is 5.75 Å². The third kappa shape index (κ3) is 3.01. The molecular weight excluding hydrogens is 251 g/mol. The maximum absolute atomic E-state index is 12.9. The molecule has 0 amide bonds. The zero-order valence-corrected chi connectivity index (χ0v) is 8.53. The van der Waals surface area contributed by atoms with Crippen molar-refractivity contribution in [3.05, 3.63) is 24.3 Å². The van der Waals surface area contributed by atoms with E-state index in [2.05, 4.69) is 0 Å². The minimum absolute atomic E-state index is 0.0202. The van der Waals surface area contributed by atoms with E-state index in [1.54, 1.807) is 0 Å². The van der Waals surface area contributed by atoms with E-state index in [4.69, 9.17) is 5.11 Å². The maximum atomic E-state index is 12.9. The van der Waals surface area contributed by atoms with Crippen LogP contribution in [-0.4, -0.2) is 23.0 Å². The summed E-state index contributed by atoms with van der Waals surface area (Å²) in [5.41, 5.74) is -3.03. The van der Waals surface area contributed by atoms with Crippen LogP contribution in [0.4, 0.5) is 22.0 Å². The lowest BCUT2D eigenvalue weighted by Gasteiger charge is -2.18. The number of rotatable bonds is 4. The molecule has 1 nitrogen and oxygen atoms in total. The molecule has 0 saturated carbocycles. The number of phenolic OH excluding ortho intramolecular Hbond substituents is 1. The predicted molar refractivity (Wildman–Crippen MR) is 49.8 cm³/mol. The van der Waals surface area contributed by atoms with Crippen molar-refractivity contribution in [2.75, 3.05) is 0 Å². The summed E-state index contributed by atoms with van der Waals surface area (Å²) in [6.07, 6.45) is -4.05. The van der Waals surface area contributed by atoms with E-state index >= 15 is 0 Å². The minimum atomic E-state index is -4.69. The number of hydrogen-bond donors (Lipinski definition) is 1. The Morgan fingerprint density at radius 3 is 2.00 bits per heavy atom. The van der Waals surface area contributed by atoms with Gasteiger partial charge in [-0.25, -0.2) is 13.2 Å². The highest BCUT2D eigenvalue weighted by molar-refractivity contribution is 7.99. The molecule has 1 rings (SSSR count). The first kappa shape index (κ1) is 13.1. The van der Waals surface area contributed by atoms with Crippen molar-refractivity contribution in [1.82, 2.24) is 0 Å². The van der Waals surface area contributed by atoms with Crippen molar-refractivity contribution in [1.29, 1.82) is 0 Å². The first-order valence-electron chi connectivity index (χ1n) is 4.09. The van der Waals surface area contributed by atoms with E-state index in [1.165, 1.54) is 0 Å². The number of aromatic hydroxyl groups is 1. The second kappa shape index (κ2) is 4.90. The molecule has 1 aromatic rings. The van der Waals surface area contributed by atoms with Gasteiger partial charge in [-0.2, -0.15) is 8.78 Å². The Kier molecular flexibility index (Phi) is 4.01. The average Bonchev–Trinajstić information content (AvgIpc) is 2.21. The summed E-state index contributed by atoms with van der Waals surface area (Å²) in [7, 11) is 0. The molecule has 0 saturated heterocycles. The van der Waals surface area contributed by atoms with Crippen molar-refractivity contribution in [3.63, 3.8) is 0 Å². The topological polar surface area (TPSA) is 20.2 Å². The highest BCUT2D eigenvalue weighted by Gasteiger charge is 2.50.